The minimum atomic E-state index is -1.13. The highest BCUT2D eigenvalue weighted by Gasteiger charge is 2.23. The lowest BCUT2D eigenvalue weighted by molar-refractivity contribution is -0.127. The van der Waals surface area contributed by atoms with E-state index in [1.54, 1.807) is 0 Å². The fraction of sp³-hybridized carbons (Fsp3) is 0.467. The van der Waals surface area contributed by atoms with Gasteiger partial charge in [-0.3, -0.25) is 10.1 Å². The zero-order valence-electron chi connectivity index (χ0n) is 12.9. The maximum atomic E-state index is 11.9. The molecule has 0 radical (unpaired) electrons. The lowest BCUT2D eigenvalue weighted by Crippen LogP contribution is -2.47. The maximum absolute atomic E-state index is 11.9. The normalized spacial score (nSPS) is 15.7. The number of amides is 3. The summed E-state index contributed by atoms with van der Waals surface area (Å²) in [6, 6.07) is 2.50. The van der Waals surface area contributed by atoms with Crippen molar-refractivity contribution >= 4 is 23.7 Å². The zero-order valence-corrected chi connectivity index (χ0v) is 12.9. The summed E-state index contributed by atoms with van der Waals surface area (Å²) >= 11 is 0. The van der Waals surface area contributed by atoms with Gasteiger partial charge in [0.2, 0.25) is 0 Å². The molecule has 1 aliphatic rings. The van der Waals surface area contributed by atoms with Crippen molar-refractivity contribution in [2.24, 2.45) is 0 Å². The fourth-order valence-electron chi connectivity index (χ4n) is 2.37. The van der Waals surface area contributed by atoms with Gasteiger partial charge in [0.05, 0.1) is 0 Å². The number of esters is 1. The average Bonchev–Trinajstić information content (AvgIpc) is 3.00. The molecular weight excluding hydrogens is 300 g/mol. The molecule has 4 N–H and O–H groups in total. The topological polar surface area (TPSA) is 123 Å². The first-order chi connectivity index (χ1) is 11.0. The van der Waals surface area contributed by atoms with E-state index in [9.17, 15) is 14.4 Å². The molecule has 1 fully saturated rings. The third kappa shape index (κ3) is 4.67. The Balaban J connectivity index is 1.83. The van der Waals surface area contributed by atoms with Crippen molar-refractivity contribution in [3.63, 3.8) is 0 Å². The van der Waals surface area contributed by atoms with Crippen LogP contribution in [0.3, 0.4) is 0 Å². The maximum Gasteiger partial charge on any atom is 0.342 e. The first-order valence-electron chi connectivity index (χ1n) is 7.50. The van der Waals surface area contributed by atoms with E-state index in [0.717, 1.165) is 25.7 Å². The first-order valence-corrected chi connectivity index (χ1v) is 7.50. The minimum Gasteiger partial charge on any atom is -0.449 e. The lowest BCUT2D eigenvalue weighted by Gasteiger charge is -2.15. The third-order valence-electron chi connectivity index (χ3n) is 3.64. The fourth-order valence-corrected chi connectivity index (χ4v) is 2.37. The average molecular weight is 320 g/mol. The van der Waals surface area contributed by atoms with Crippen LogP contribution in [0, 0.1) is 0 Å². The number of rotatable bonds is 4. The number of hydrogen-bond donors (Lipinski definition) is 3. The summed E-state index contributed by atoms with van der Waals surface area (Å²) in [7, 11) is 0. The van der Waals surface area contributed by atoms with Crippen LogP contribution in [-0.2, 0) is 9.53 Å². The summed E-state index contributed by atoms with van der Waals surface area (Å²) in [5, 5.41) is 4.88. The monoisotopic (exact) mass is 320 g/mol. The van der Waals surface area contributed by atoms with Gasteiger partial charge in [-0.15, -0.1) is 0 Å². The van der Waals surface area contributed by atoms with Crippen LogP contribution in [0.5, 0.6) is 0 Å². The Morgan fingerprint density at radius 3 is 2.70 bits per heavy atom. The summed E-state index contributed by atoms with van der Waals surface area (Å²) in [4.78, 5) is 39.3. The van der Waals surface area contributed by atoms with Crippen molar-refractivity contribution in [1.29, 1.82) is 0 Å². The molecule has 0 spiro atoms. The second-order valence-electron chi connectivity index (χ2n) is 5.43. The number of carbonyl (C=O) groups is 3. The SMILES string of the molecule is C[C@H](OC(=O)c1cccnc1N)C(=O)NC(=O)NC1CCCC1. The number of hydrogen-bond acceptors (Lipinski definition) is 6. The molecule has 1 aromatic rings. The Hall–Kier alpha value is -2.64. The number of ether oxygens (including phenoxy) is 1. The molecule has 8 heteroatoms. The van der Waals surface area contributed by atoms with Crippen LogP contribution in [0.1, 0.15) is 43.0 Å². The van der Waals surface area contributed by atoms with Crippen LogP contribution in [0.25, 0.3) is 0 Å². The minimum absolute atomic E-state index is 0.0177. The summed E-state index contributed by atoms with van der Waals surface area (Å²) in [6.07, 6.45) is 4.27. The smallest absolute Gasteiger partial charge is 0.342 e. The Labute approximate surface area is 133 Å². The number of aromatic nitrogens is 1. The molecule has 8 nitrogen and oxygen atoms in total. The van der Waals surface area contributed by atoms with E-state index in [-0.39, 0.29) is 17.4 Å². The van der Waals surface area contributed by atoms with Gasteiger partial charge in [0.25, 0.3) is 5.91 Å². The van der Waals surface area contributed by atoms with Crippen LogP contribution in [0.15, 0.2) is 18.3 Å². The van der Waals surface area contributed by atoms with Crippen molar-refractivity contribution in [2.45, 2.75) is 44.8 Å². The van der Waals surface area contributed by atoms with Crippen LogP contribution >= 0.6 is 0 Å². The Morgan fingerprint density at radius 1 is 1.35 bits per heavy atom. The molecule has 0 bridgehead atoms. The molecule has 2 rings (SSSR count). The van der Waals surface area contributed by atoms with Crippen LogP contribution < -0.4 is 16.4 Å². The number of imide groups is 1. The number of nitrogen functional groups attached to an aromatic ring is 1. The molecule has 0 aliphatic heterocycles. The number of nitrogens with two attached hydrogens (primary N) is 1. The Kier molecular flexibility index (Phi) is 5.51. The van der Waals surface area contributed by atoms with Crippen molar-refractivity contribution in [1.82, 2.24) is 15.6 Å². The highest BCUT2D eigenvalue weighted by molar-refractivity contribution is 5.99. The molecule has 124 valence electrons. The highest BCUT2D eigenvalue weighted by Crippen LogP contribution is 2.17. The second-order valence-corrected chi connectivity index (χ2v) is 5.43. The number of nitrogens with one attached hydrogen (secondary N) is 2. The van der Waals surface area contributed by atoms with E-state index in [2.05, 4.69) is 15.6 Å². The van der Waals surface area contributed by atoms with E-state index in [1.165, 1.54) is 25.3 Å². The lowest BCUT2D eigenvalue weighted by atomic mass is 10.2. The highest BCUT2D eigenvalue weighted by atomic mass is 16.5. The number of urea groups is 1. The molecule has 3 amide bonds. The van der Waals surface area contributed by atoms with Gasteiger partial charge in [0, 0.05) is 12.2 Å². The second kappa shape index (κ2) is 7.57. The van der Waals surface area contributed by atoms with Crippen LogP contribution in [0.4, 0.5) is 10.6 Å². The van der Waals surface area contributed by atoms with E-state index < -0.39 is 24.0 Å². The molecule has 1 heterocycles. The molecule has 23 heavy (non-hydrogen) atoms. The van der Waals surface area contributed by atoms with E-state index in [4.69, 9.17) is 10.5 Å². The summed E-state index contributed by atoms with van der Waals surface area (Å²) in [6.45, 7) is 1.38. The van der Waals surface area contributed by atoms with Gasteiger partial charge in [-0.1, -0.05) is 12.8 Å². The summed E-state index contributed by atoms with van der Waals surface area (Å²) in [5.74, 6) is -1.45. The Bertz CT molecular complexity index is 599. The first kappa shape index (κ1) is 16.7. The largest absolute Gasteiger partial charge is 0.449 e. The molecule has 1 atom stereocenters. The molecule has 0 unspecified atom stereocenters. The number of nitrogens with zero attached hydrogens (tertiary/aromatic N) is 1. The molecule has 1 aliphatic carbocycles. The summed E-state index contributed by atoms with van der Waals surface area (Å²) < 4.78 is 5.00. The van der Waals surface area contributed by atoms with Gasteiger partial charge in [-0.05, 0) is 31.9 Å². The van der Waals surface area contributed by atoms with Gasteiger partial charge in [0.15, 0.2) is 6.10 Å². The number of carbonyl (C=O) groups excluding carboxylic acids is 3. The molecule has 0 aromatic carbocycles. The van der Waals surface area contributed by atoms with E-state index in [1.807, 2.05) is 0 Å². The van der Waals surface area contributed by atoms with E-state index in [0.29, 0.717) is 0 Å². The van der Waals surface area contributed by atoms with Gasteiger partial charge in [0.1, 0.15) is 11.4 Å². The Morgan fingerprint density at radius 2 is 2.04 bits per heavy atom. The van der Waals surface area contributed by atoms with Gasteiger partial charge >= 0.3 is 12.0 Å². The number of anilines is 1. The summed E-state index contributed by atoms with van der Waals surface area (Å²) in [5.41, 5.74) is 5.64. The van der Waals surface area contributed by atoms with Crippen molar-refractivity contribution in [2.75, 3.05) is 5.73 Å². The van der Waals surface area contributed by atoms with Crippen LogP contribution in [0.2, 0.25) is 0 Å². The molecule has 1 aromatic heterocycles. The zero-order chi connectivity index (χ0) is 16.8. The van der Waals surface area contributed by atoms with Crippen molar-refractivity contribution in [3.05, 3.63) is 23.9 Å². The predicted molar refractivity (Wildman–Crippen MR) is 82.5 cm³/mol. The van der Waals surface area contributed by atoms with Crippen molar-refractivity contribution < 1.29 is 19.1 Å². The predicted octanol–water partition coefficient (Wildman–Crippen LogP) is 0.977. The van der Waals surface area contributed by atoms with Gasteiger partial charge in [-0.25, -0.2) is 14.6 Å². The number of pyridine rings is 1. The standard InChI is InChI=1S/C15H20N4O4/c1-9(23-14(21)11-7-4-8-17-12(11)16)13(20)19-15(22)18-10-5-2-3-6-10/h4,7-10H,2-3,5-6H2,1H3,(H2,16,17)(H2,18,19,20,22)/t9-/m0/s1. The van der Waals surface area contributed by atoms with Gasteiger partial charge < -0.3 is 15.8 Å². The molecule has 1 saturated carbocycles. The molecule has 0 saturated heterocycles. The van der Waals surface area contributed by atoms with E-state index >= 15 is 0 Å². The molecular formula is C15H20N4O4. The third-order valence-corrected chi connectivity index (χ3v) is 3.64. The van der Waals surface area contributed by atoms with Gasteiger partial charge in [-0.2, -0.15) is 0 Å². The quantitative estimate of drug-likeness (QED) is 0.710. The van der Waals surface area contributed by atoms with Crippen molar-refractivity contribution in [3.8, 4) is 0 Å². The van der Waals surface area contributed by atoms with Crippen LogP contribution in [-0.4, -0.2) is 35.0 Å².